The lowest BCUT2D eigenvalue weighted by molar-refractivity contribution is 0.0689. The summed E-state index contributed by atoms with van der Waals surface area (Å²) in [4.78, 5) is 23.4. The Hall–Kier alpha value is -2.19. The van der Waals surface area contributed by atoms with Gasteiger partial charge < -0.3 is 10.4 Å². The second kappa shape index (κ2) is 5.66. The van der Waals surface area contributed by atoms with Crippen molar-refractivity contribution in [2.24, 2.45) is 0 Å². The largest absolute Gasteiger partial charge is 0.476 e. The fourth-order valence-corrected chi connectivity index (χ4v) is 3.78. The number of carboxylic acid groups (broad SMARTS) is 1. The Morgan fingerprint density at radius 3 is 2.95 bits per heavy atom. The summed E-state index contributed by atoms with van der Waals surface area (Å²) in [6.07, 6.45) is 1.58. The lowest BCUT2D eigenvalue weighted by atomic mass is 10.3. The van der Waals surface area contributed by atoms with Crippen LogP contribution in [-0.4, -0.2) is 33.3 Å². The van der Waals surface area contributed by atoms with Gasteiger partial charge in [0.15, 0.2) is 5.69 Å². The summed E-state index contributed by atoms with van der Waals surface area (Å²) in [5, 5.41) is 20.6. The molecule has 6 nitrogen and oxygen atoms in total. The molecule has 8 heteroatoms. The molecule has 0 aliphatic carbocycles. The first-order chi connectivity index (χ1) is 10.1. The average Bonchev–Trinajstić information content (AvgIpc) is 3.13. The Bertz CT molecular complexity index is 774. The van der Waals surface area contributed by atoms with Crippen LogP contribution < -0.4 is 5.32 Å². The molecule has 0 bridgehead atoms. The van der Waals surface area contributed by atoms with Gasteiger partial charge in [0, 0.05) is 28.2 Å². The van der Waals surface area contributed by atoms with Gasteiger partial charge in [-0.1, -0.05) is 0 Å². The minimum atomic E-state index is -1.06. The van der Waals surface area contributed by atoms with Crippen molar-refractivity contribution in [3.05, 3.63) is 39.7 Å². The number of nitrogens with zero attached hydrogens (tertiary/aromatic N) is 2. The third kappa shape index (κ3) is 2.96. The molecule has 0 saturated heterocycles. The predicted molar refractivity (Wildman–Crippen MR) is 81.2 cm³/mol. The number of carbonyl (C=O) groups is 2. The number of carbonyl (C=O) groups excluding carboxylic acids is 1. The van der Waals surface area contributed by atoms with E-state index in [2.05, 4.69) is 10.4 Å². The number of aromatic nitrogens is 2. The van der Waals surface area contributed by atoms with Gasteiger partial charge in [-0.2, -0.15) is 16.4 Å². The second-order valence-electron chi connectivity index (χ2n) is 4.33. The maximum atomic E-state index is 12.0. The molecular formula is C13H11N3O3S2. The zero-order chi connectivity index (χ0) is 14.8. The number of hydrogen-bond acceptors (Lipinski definition) is 5. The van der Waals surface area contributed by atoms with Crippen LogP contribution in [0.5, 0.6) is 0 Å². The van der Waals surface area contributed by atoms with Crippen LogP contribution in [0.1, 0.15) is 20.2 Å². The minimum Gasteiger partial charge on any atom is -0.476 e. The third-order valence-corrected chi connectivity index (χ3v) is 4.88. The molecule has 0 aliphatic heterocycles. The van der Waals surface area contributed by atoms with Gasteiger partial charge in [0.05, 0.1) is 11.4 Å². The SMILES string of the molecule is O=C(O)c1ccn(CCNC(=O)c2cc3cscc3s2)n1. The van der Waals surface area contributed by atoms with Gasteiger partial charge >= 0.3 is 5.97 Å². The van der Waals surface area contributed by atoms with Gasteiger partial charge in [0.2, 0.25) is 0 Å². The van der Waals surface area contributed by atoms with Crippen molar-refractivity contribution in [2.45, 2.75) is 6.54 Å². The van der Waals surface area contributed by atoms with Gasteiger partial charge in [-0.25, -0.2) is 4.79 Å². The highest BCUT2D eigenvalue weighted by molar-refractivity contribution is 7.24. The van der Waals surface area contributed by atoms with E-state index in [0.717, 1.165) is 10.1 Å². The third-order valence-electron chi connectivity index (χ3n) is 2.87. The van der Waals surface area contributed by atoms with E-state index in [-0.39, 0.29) is 11.6 Å². The minimum absolute atomic E-state index is 0.000386. The van der Waals surface area contributed by atoms with Crippen LogP contribution in [0.15, 0.2) is 29.1 Å². The summed E-state index contributed by atoms with van der Waals surface area (Å²) in [6.45, 7) is 0.822. The van der Waals surface area contributed by atoms with Gasteiger partial charge in [-0.05, 0) is 17.5 Å². The number of hydrogen-bond donors (Lipinski definition) is 2. The summed E-state index contributed by atoms with van der Waals surface area (Å²) < 4.78 is 2.61. The molecule has 1 amide bonds. The first-order valence-electron chi connectivity index (χ1n) is 6.14. The van der Waals surface area contributed by atoms with E-state index in [1.807, 2.05) is 16.8 Å². The summed E-state index contributed by atoms with van der Waals surface area (Å²) in [5.41, 5.74) is -0.000386. The Morgan fingerprint density at radius 2 is 2.24 bits per heavy atom. The van der Waals surface area contributed by atoms with E-state index in [1.54, 1.807) is 17.5 Å². The number of rotatable bonds is 5. The maximum absolute atomic E-state index is 12.0. The Labute approximate surface area is 127 Å². The Morgan fingerprint density at radius 1 is 1.38 bits per heavy atom. The molecule has 0 fully saturated rings. The van der Waals surface area contributed by atoms with E-state index in [1.165, 1.54) is 22.1 Å². The van der Waals surface area contributed by atoms with Gasteiger partial charge in [-0.15, -0.1) is 11.3 Å². The van der Waals surface area contributed by atoms with Crippen molar-refractivity contribution in [3.8, 4) is 0 Å². The molecular weight excluding hydrogens is 310 g/mol. The maximum Gasteiger partial charge on any atom is 0.356 e. The van der Waals surface area contributed by atoms with Gasteiger partial charge in [-0.3, -0.25) is 9.48 Å². The molecule has 108 valence electrons. The summed E-state index contributed by atoms with van der Waals surface area (Å²) in [7, 11) is 0. The summed E-state index contributed by atoms with van der Waals surface area (Å²) >= 11 is 3.08. The van der Waals surface area contributed by atoms with E-state index < -0.39 is 5.97 Å². The molecule has 0 radical (unpaired) electrons. The fraction of sp³-hybridized carbons (Fsp3) is 0.154. The van der Waals surface area contributed by atoms with Crippen molar-refractivity contribution >= 4 is 44.6 Å². The Balaban J connectivity index is 1.55. The predicted octanol–water partition coefficient (Wildman–Crippen LogP) is 2.29. The first-order valence-corrected chi connectivity index (χ1v) is 7.90. The number of amides is 1. The van der Waals surface area contributed by atoms with Crippen LogP contribution >= 0.6 is 22.7 Å². The quantitative estimate of drug-likeness (QED) is 0.755. The molecule has 21 heavy (non-hydrogen) atoms. The standard InChI is InChI=1S/C13H11N3O3S2/c17-12(10-5-8-6-20-7-11(8)21-10)14-2-4-16-3-1-9(15-16)13(18)19/h1,3,5-7H,2,4H2,(H,14,17)(H,18,19). The number of fused-ring (bicyclic) bond motifs is 1. The van der Waals surface area contributed by atoms with Crippen molar-refractivity contribution < 1.29 is 14.7 Å². The molecule has 3 heterocycles. The van der Waals surface area contributed by atoms with Crippen LogP contribution in [-0.2, 0) is 6.54 Å². The molecule has 2 N–H and O–H groups in total. The Kier molecular flexibility index (Phi) is 3.72. The molecule has 3 rings (SSSR count). The second-order valence-corrected chi connectivity index (χ2v) is 6.15. The molecule has 0 aromatic carbocycles. The van der Waals surface area contributed by atoms with Crippen molar-refractivity contribution in [3.63, 3.8) is 0 Å². The zero-order valence-electron chi connectivity index (χ0n) is 10.8. The van der Waals surface area contributed by atoms with E-state index >= 15 is 0 Å². The van der Waals surface area contributed by atoms with Crippen LogP contribution in [0.3, 0.4) is 0 Å². The zero-order valence-corrected chi connectivity index (χ0v) is 12.4. The van der Waals surface area contributed by atoms with Crippen molar-refractivity contribution in [1.29, 1.82) is 0 Å². The first kappa shape index (κ1) is 13.8. The summed E-state index contributed by atoms with van der Waals surface area (Å²) in [5.74, 6) is -1.18. The average molecular weight is 321 g/mol. The number of aromatic carboxylic acids is 1. The number of carboxylic acids is 1. The van der Waals surface area contributed by atoms with Crippen LogP contribution in [0.4, 0.5) is 0 Å². The van der Waals surface area contributed by atoms with Crippen molar-refractivity contribution in [2.75, 3.05) is 6.54 Å². The lowest BCUT2D eigenvalue weighted by Crippen LogP contribution is -2.26. The van der Waals surface area contributed by atoms with E-state index in [4.69, 9.17) is 5.11 Å². The fourth-order valence-electron chi connectivity index (χ4n) is 1.86. The van der Waals surface area contributed by atoms with Crippen LogP contribution in [0.25, 0.3) is 10.1 Å². The molecule has 0 saturated carbocycles. The van der Waals surface area contributed by atoms with Crippen LogP contribution in [0, 0.1) is 0 Å². The topological polar surface area (TPSA) is 84.2 Å². The highest BCUT2D eigenvalue weighted by Crippen LogP contribution is 2.28. The van der Waals surface area contributed by atoms with E-state index in [0.29, 0.717) is 18.0 Å². The molecule has 3 aromatic rings. The summed E-state index contributed by atoms with van der Waals surface area (Å²) in [6, 6.07) is 3.31. The molecule has 0 aliphatic rings. The molecule has 3 aromatic heterocycles. The van der Waals surface area contributed by atoms with Crippen LogP contribution in [0.2, 0.25) is 0 Å². The molecule has 0 atom stereocenters. The highest BCUT2D eigenvalue weighted by atomic mass is 32.1. The molecule has 0 spiro atoms. The lowest BCUT2D eigenvalue weighted by Gasteiger charge is -2.03. The smallest absolute Gasteiger partial charge is 0.356 e. The highest BCUT2D eigenvalue weighted by Gasteiger charge is 2.11. The number of thiophene rings is 2. The van der Waals surface area contributed by atoms with Crippen molar-refractivity contribution in [1.82, 2.24) is 15.1 Å². The van der Waals surface area contributed by atoms with Gasteiger partial charge in [0.1, 0.15) is 0 Å². The van der Waals surface area contributed by atoms with Gasteiger partial charge in [0.25, 0.3) is 5.91 Å². The monoisotopic (exact) mass is 321 g/mol. The van der Waals surface area contributed by atoms with E-state index in [9.17, 15) is 9.59 Å². The normalized spacial score (nSPS) is 10.9. The molecule has 0 unspecified atom stereocenters. The number of nitrogens with one attached hydrogen (secondary N) is 1.